The summed E-state index contributed by atoms with van der Waals surface area (Å²) in [5.41, 5.74) is 0.719. The first-order valence-corrected chi connectivity index (χ1v) is 7.17. The fourth-order valence-electron chi connectivity index (χ4n) is 2.64. The van der Waals surface area contributed by atoms with E-state index in [1.165, 1.54) is 19.3 Å². The molecule has 1 aromatic rings. The van der Waals surface area contributed by atoms with Crippen molar-refractivity contribution in [3.8, 4) is 0 Å². The van der Waals surface area contributed by atoms with Crippen molar-refractivity contribution in [2.24, 2.45) is 0 Å². The summed E-state index contributed by atoms with van der Waals surface area (Å²) in [6.45, 7) is 6.80. The van der Waals surface area contributed by atoms with Gasteiger partial charge in [-0.05, 0) is 45.8 Å². The number of rotatable bonds is 5. The fraction of sp³-hybridized carbons (Fsp3) is 0.643. The lowest BCUT2D eigenvalue weighted by Gasteiger charge is -2.32. The van der Waals surface area contributed by atoms with Gasteiger partial charge in [0.15, 0.2) is 0 Å². The Morgan fingerprint density at radius 3 is 2.80 bits per heavy atom. The maximum absolute atomic E-state index is 11.1. The molecule has 1 unspecified atom stereocenters. The molecule has 110 valence electrons. The summed E-state index contributed by atoms with van der Waals surface area (Å²) < 4.78 is 0. The highest BCUT2D eigenvalue weighted by molar-refractivity contribution is 5.59. The number of anilines is 1. The monoisotopic (exact) mass is 278 g/mol. The molecule has 0 spiro atoms. The van der Waals surface area contributed by atoms with E-state index in [0.29, 0.717) is 24.0 Å². The van der Waals surface area contributed by atoms with Gasteiger partial charge in [-0.2, -0.15) is 0 Å². The topological polar surface area (TPSA) is 71.3 Å². The van der Waals surface area contributed by atoms with Gasteiger partial charge in [0.1, 0.15) is 0 Å². The number of likely N-dealkylation sites (tertiary alicyclic amines) is 1. The van der Waals surface area contributed by atoms with Gasteiger partial charge in [0, 0.05) is 24.3 Å². The van der Waals surface area contributed by atoms with Crippen LogP contribution in [0.3, 0.4) is 0 Å². The van der Waals surface area contributed by atoms with Gasteiger partial charge in [0.2, 0.25) is 5.82 Å². The summed E-state index contributed by atoms with van der Waals surface area (Å²) in [5, 5.41) is 14.2. The number of aryl methyl sites for hydroxylation is 1. The molecule has 0 bridgehead atoms. The number of hydrogen-bond acceptors (Lipinski definition) is 5. The van der Waals surface area contributed by atoms with Gasteiger partial charge in [-0.15, -0.1) is 0 Å². The van der Waals surface area contributed by atoms with Crippen LogP contribution in [0.1, 0.15) is 31.7 Å². The molecule has 1 atom stereocenters. The number of piperidine rings is 1. The van der Waals surface area contributed by atoms with Gasteiger partial charge < -0.3 is 5.32 Å². The molecule has 6 heteroatoms. The van der Waals surface area contributed by atoms with Crippen LogP contribution in [0.5, 0.6) is 0 Å². The van der Waals surface area contributed by atoms with Crippen LogP contribution in [0, 0.1) is 17.0 Å². The molecule has 0 aromatic carbocycles. The van der Waals surface area contributed by atoms with E-state index < -0.39 is 0 Å². The van der Waals surface area contributed by atoms with Gasteiger partial charge in [0.25, 0.3) is 0 Å². The lowest BCUT2D eigenvalue weighted by Crippen LogP contribution is -2.41. The van der Waals surface area contributed by atoms with E-state index in [1.807, 2.05) is 0 Å². The third-order valence-corrected chi connectivity index (χ3v) is 3.89. The number of nitrogens with one attached hydrogen (secondary N) is 1. The minimum absolute atomic E-state index is 0.0818. The molecule has 1 fully saturated rings. The average Bonchev–Trinajstić information content (AvgIpc) is 2.45. The van der Waals surface area contributed by atoms with Crippen LogP contribution in [0.4, 0.5) is 11.5 Å². The second-order valence-electron chi connectivity index (χ2n) is 5.41. The van der Waals surface area contributed by atoms with Crippen molar-refractivity contribution < 1.29 is 4.92 Å². The average molecular weight is 278 g/mol. The first kappa shape index (κ1) is 14.7. The lowest BCUT2D eigenvalue weighted by atomic mass is 10.1. The standard InChI is InChI=1S/C14H22N4O2/c1-11-6-7-15-14(13(11)18(19)20)16-10-12(2)17-8-4-3-5-9-17/h6-7,12H,3-5,8-10H2,1-2H3,(H,15,16). The minimum Gasteiger partial charge on any atom is -0.363 e. The highest BCUT2D eigenvalue weighted by Gasteiger charge is 2.21. The molecule has 1 N–H and O–H groups in total. The van der Waals surface area contributed by atoms with Crippen LogP contribution in [0.2, 0.25) is 0 Å². The molecule has 0 saturated carbocycles. The normalized spacial score (nSPS) is 17.7. The third-order valence-electron chi connectivity index (χ3n) is 3.89. The Labute approximate surface area is 119 Å². The second kappa shape index (κ2) is 6.65. The maximum Gasteiger partial charge on any atom is 0.314 e. The molecule has 1 aromatic heterocycles. The lowest BCUT2D eigenvalue weighted by molar-refractivity contribution is -0.384. The zero-order valence-electron chi connectivity index (χ0n) is 12.1. The van der Waals surface area contributed by atoms with Crippen molar-refractivity contribution in [2.45, 2.75) is 39.2 Å². The zero-order chi connectivity index (χ0) is 14.5. The van der Waals surface area contributed by atoms with Crippen LogP contribution >= 0.6 is 0 Å². The Morgan fingerprint density at radius 2 is 2.15 bits per heavy atom. The molecule has 1 aliphatic rings. The zero-order valence-corrected chi connectivity index (χ0v) is 12.1. The highest BCUT2D eigenvalue weighted by atomic mass is 16.6. The van der Waals surface area contributed by atoms with E-state index in [0.717, 1.165) is 13.1 Å². The Morgan fingerprint density at radius 1 is 1.45 bits per heavy atom. The summed E-state index contributed by atoms with van der Waals surface area (Å²) in [4.78, 5) is 17.3. The van der Waals surface area contributed by atoms with E-state index in [-0.39, 0.29) is 10.6 Å². The summed E-state index contributed by atoms with van der Waals surface area (Å²) in [7, 11) is 0. The Bertz CT molecular complexity index is 472. The number of nitro groups is 1. The van der Waals surface area contributed by atoms with Crippen LogP contribution in [0.25, 0.3) is 0 Å². The predicted octanol–water partition coefficient (Wildman–Crippen LogP) is 2.58. The molecular formula is C14H22N4O2. The van der Waals surface area contributed by atoms with E-state index in [1.54, 1.807) is 19.2 Å². The fourth-order valence-corrected chi connectivity index (χ4v) is 2.64. The van der Waals surface area contributed by atoms with Crippen molar-refractivity contribution in [1.82, 2.24) is 9.88 Å². The smallest absolute Gasteiger partial charge is 0.314 e. The number of hydrogen-bond donors (Lipinski definition) is 1. The quantitative estimate of drug-likeness (QED) is 0.662. The second-order valence-corrected chi connectivity index (χ2v) is 5.41. The molecule has 0 radical (unpaired) electrons. The van der Waals surface area contributed by atoms with Gasteiger partial charge in [-0.1, -0.05) is 6.42 Å². The molecule has 2 heterocycles. The maximum atomic E-state index is 11.1. The number of pyridine rings is 1. The van der Waals surface area contributed by atoms with E-state index >= 15 is 0 Å². The largest absolute Gasteiger partial charge is 0.363 e. The Balaban J connectivity index is 2.00. The van der Waals surface area contributed by atoms with Crippen molar-refractivity contribution in [3.63, 3.8) is 0 Å². The van der Waals surface area contributed by atoms with Crippen LogP contribution in [-0.4, -0.2) is 40.5 Å². The summed E-state index contributed by atoms with van der Waals surface area (Å²) in [5.74, 6) is 0.374. The van der Waals surface area contributed by atoms with Crippen molar-refractivity contribution in [3.05, 3.63) is 27.9 Å². The van der Waals surface area contributed by atoms with Crippen molar-refractivity contribution in [1.29, 1.82) is 0 Å². The predicted molar refractivity (Wildman–Crippen MR) is 79.0 cm³/mol. The third kappa shape index (κ3) is 3.45. The van der Waals surface area contributed by atoms with E-state index in [9.17, 15) is 10.1 Å². The first-order valence-electron chi connectivity index (χ1n) is 7.17. The molecule has 0 amide bonds. The van der Waals surface area contributed by atoms with Gasteiger partial charge in [-0.3, -0.25) is 15.0 Å². The van der Waals surface area contributed by atoms with E-state index in [4.69, 9.17) is 0 Å². The minimum atomic E-state index is -0.365. The number of aromatic nitrogens is 1. The van der Waals surface area contributed by atoms with Crippen LogP contribution in [0.15, 0.2) is 12.3 Å². The highest BCUT2D eigenvalue weighted by Crippen LogP contribution is 2.25. The SMILES string of the molecule is Cc1ccnc(NCC(C)N2CCCCC2)c1[N+](=O)[O-]. The molecule has 20 heavy (non-hydrogen) atoms. The Kier molecular flexibility index (Phi) is 4.89. The molecule has 2 rings (SSSR count). The molecule has 1 saturated heterocycles. The summed E-state index contributed by atoms with van der Waals surface area (Å²) >= 11 is 0. The molecule has 6 nitrogen and oxygen atoms in total. The van der Waals surface area contributed by atoms with Gasteiger partial charge in [-0.25, -0.2) is 4.98 Å². The molecule has 1 aliphatic heterocycles. The van der Waals surface area contributed by atoms with Gasteiger partial charge in [0.05, 0.1) is 4.92 Å². The Hall–Kier alpha value is -1.69. The summed E-state index contributed by atoms with van der Waals surface area (Å²) in [6, 6.07) is 2.02. The molecular weight excluding hydrogens is 256 g/mol. The summed E-state index contributed by atoms with van der Waals surface area (Å²) in [6.07, 6.45) is 5.40. The van der Waals surface area contributed by atoms with Gasteiger partial charge >= 0.3 is 5.69 Å². The van der Waals surface area contributed by atoms with Crippen LogP contribution < -0.4 is 5.32 Å². The van der Waals surface area contributed by atoms with Crippen LogP contribution in [-0.2, 0) is 0 Å². The van der Waals surface area contributed by atoms with Crippen molar-refractivity contribution >= 4 is 11.5 Å². The number of nitrogens with zero attached hydrogens (tertiary/aromatic N) is 3. The van der Waals surface area contributed by atoms with Crippen molar-refractivity contribution in [2.75, 3.05) is 25.0 Å². The molecule has 0 aliphatic carbocycles. The first-order chi connectivity index (χ1) is 9.59. The van der Waals surface area contributed by atoms with E-state index in [2.05, 4.69) is 22.1 Å².